The topological polar surface area (TPSA) is 141 Å². The van der Waals surface area contributed by atoms with Crippen LogP contribution in [0.2, 0.25) is 4.34 Å². The SMILES string of the molecule is COCCn1c(=NC(=O)C2CCN(S(=O)(=O)c3ccc(Cl)s3)CC2)sc2cc(S(N)(=O)=O)ccc21. The smallest absolute Gasteiger partial charge is 0.252 e. The fourth-order valence-electron chi connectivity index (χ4n) is 3.81. The number of nitrogens with two attached hydrogens (primary N) is 1. The first-order valence-electron chi connectivity index (χ1n) is 10.5. The zero-order chi connectivity index (χ0) is 25.4. The number of rotatable bonds is 7. The van der Waals surface area contributed by atoms with Crippen LogP contribution in [0.3, 0.4) is 0 Å². The van der Waals surface area contributed by atoms with Crippen LogP contribution in [0.4, 0.5) is 0 Å². The Morgan fingerprint density at radius 2 is 1.89 bits per heavy atom. The number of methoxy groups -OCH3 is 1. The number of thiophene rings is 1. The van der Waals surface area contributed by atoms with E-state index >= 15 is 0 Å². The predicted molar refractivity (Wildman–Crippen MR) is 134 cm³/mol. The van der Waals surface area contributed by atoms with Gasteiger partial charge in [0.05, 0.1) is 26.1 Å². The van der Waals surface area contributed by atoms with Crippen LogP contribution >= 0.6 is 34.3 Å². The van der Waals surface area contributed by atoms with Crippen molar-refractivity contribution in [2.24, 2.45) is 16.0 Å². The second-order valence-electron chi connectivity index (χ2n) is 7.89. The van der Waals surface area contributed by atoms with E-state index in [1.165, 1.54) is 33.8 Å². The molecule has 2 N–H and O–H groups in total. The summed E-state index contributed by atoms with van der Waals surface area (Å²) >= 11 is 8.07. The van der Waals surface area contributed by atoms with Crippen molar-refractivity contribution >= 4 is 70.4 Å². The summed E-state index contributed by atoms with van der Waals surface area (Å²) in [7, 11) is -5.97. The number of halogens is 1. The molecule has 4 rings (SSSR count). The van der Waals surface area contributed by atoms with Gasteiger partial charge in [-0.3, -0.25) is 4.79 Å². The Labute approximate surface area is 215 Å². The molecule has 1 aliphatic rings. The van der Waals surface area contributed by atoms with Gasteiger partial charge in [-0.1, -0.05) is 22.9 Å². The number of primary sulfonamides is 1. The Morgan fingerprint density at radius 1 is 1.17 bits per heavy atom. The van der Waals surface area contributed by atoms with E-state index in [1.54, 1.807) is 23.8 Å². The maximum Gasteiger partial charge on any atom is 0.252 e. The largest absolute Gasteiger partial charge is 0.383 e. The normalized spacial score (nSPS) is 16.8. The molecule has 0 aliphatic carbocycles. The van der Waals surface area contributed by atoms with E-state index in [0.29, 0.717) is 45.3 Å². The number of sulfonamides is 2. The van der Waals surface area contributed by atoms with Gasteiger partial charge in [0.15, 0.2) is 4.80 Å². The summed E-state index contributed by atoms with van der Waals surface area (Å²) in [6, 6.07) is 7.53. The minimum Gasteiger partial charge on any atom is -0.383 e. The summed E-state index contributed by atoms with van der Waals surface area (Å²) in [5.74, 6) is -0.764. The molecular weight excluding hydrogens is 556 g/mol. The maximum atomic E-state index is 13.0. The molecule has 0 unspecified atom stereocenters. The number of carbonyl (C=O) groups is 1. The second kappa shape index (κ2) is 10.4. The fourth-order valence-corrected chi connectivity index (χ4v) is 8.63. The Hall–Kier alpha value is -1.65. The number of ether oxygens (including phenoxy) is 1. The molecule has 3 aromatic rings. The van der Waals surface area contributed by atoms with Crippen LogP contribution in [-0.2, 0) is 36.1 Å². The quantitative estimate of drug-likeness (QED) is 0.456. The molecule has 15 heteroatoms. The number of thiazole rings is 1. The molecule has 0 bridgehead atoms. The number of amides is 1. The Balaban J connectivity index is 1.58. The van der Waals surface area contributed by atoms with Gasteiger partial charge in [0.25, 0.3) is 15.9 Å². The minimum atomic E-state index is -3.88. The summed E-state index contributed by atoms with van der Waals surface area (Å²) in [6.07, 6.45) is 0.693. The van der Waals surface area contributed by atoms with E-state index in [2.05, 4.69) is 4.99 Å². The first-order chi connectivity index (χ1) is 16.5. The molecule has 10 nitrogen and oxygen atoms in total. The Morgan fingerprint density at radius 3 is 2.49 bits per heavy atom. The Bertz CT molecular complexity index is 1530. The first-order valence-corrected chi connectivity index (χ1v) is 15.5. The molecule has 0 atom stereocenters. The molecule has 1 fully saturated rings. The van der Waals surface area contributed by atoms with Gasteiger partial charge in [-0.15, -0.1) is 11.3 Å². The first kappa shape index (κ1) is 26.4. The van der Waals surface area contributed by atoms with Gasteiger partial charge < -0.3 is 9.30 Å². The third-order valence-electron chi connectivity index (χ3n) is 5.65. The van der Waals surface area contributed by atoms with Crippen molar-refractivity contribution in [1.29, 1.82) is 0 Å². The van der Waals surface area contributed by atoms with Gasteiger partial charge >= 0.3 is 0 Å². The molecule has 1 aromatic carbocycles. The Kier molecular flexibility index (Phi) is 7.83. The van der Waals surface area contributed by atoms with E-state index in [1.807, 2.05) is 0 Å². The predicted octanol–water partition coefficient (Wildman–Crippen LogP) is 2.24. The molecule has 1 amide bonds. The van der Waals surface area contributed by atoms with Crippen LogP contribution in [0.25, 0.3) is 10.2 Å². The van der Waals surface area contributed by atoms with Gasteiger partial charge in [-0.2, -0.15) is 9.30 Å². The van der Waals surface area contributed by atoms with E-state index < -0.39 is 26.0 Å². The summed E-state index contributed by atoms with van der Waals surface area (Å²) in [6.45, 7) is 1.19. The molecule has 3 heterocycles. The van der Waals surface area contributed by atoms with Crippen molar-refractivity contribution in [1.82, 2.24) is 8.87 Å². The molecule has 190 valence electrons. The maximum absolute atomic E-state index is 13.0. The highest BCUT2D eigenvalue weighted by molar-refractivity contribution is 7.91. The number of aromatic nitrogens is 1. The molecule has 2 aromatic heterocycles. The van der Waals surface area contributed by atoms with Crippen molar-refractivity contribution in [3.63, 3.8) is 0 Å². The van der Waals surface area contributed by atoms with Crippen molar-refractivity contribution in [3.8, 4) is 0 Å². The lowest BCUT2D eigenvalue weighted by molar-refractivity contribution is -0.122. The van der Waals surface area contributed by atoms with Crippen LogP contribution in [-0.4, -0.2) is 58.4 Å². The summed E-state index contributed by atoms with van der Waals surface area (Å²) in [5.41, 5.74) is 0.710. The highest BCUT2D eigenvalue weighted by Crippen LogP contribution is 2.31. The van der Waals surface area contributed by atoms with Crippen LogP contribution in [0.15, 0.2) is 44.4 Å². The third kappa shape index (κ3) is 5.69. The van der Waals surface area contributed by atoms with E-state index in [-0.39, 0.29) is 28.1 Å². The number of hydrogen-bond acceptors (Lipinski definition) is 8. The average molecular weight is 579 g/mol. The summed E-state index contributed by atoms with van der Waals surface area (Å²) < 4.78 is 58.6. The van der Waals surface area contributed by atoms with Gasteiger partial charge in [0.1, 0.15) is 4.21 Å². The lowest BCUT2D eigenvalue weighted by Gasteiger charge is -2.29. The summed E-state index contributed by atoms with van der Waals surface area (Å²) in [5, 5.41) is 5.25. The zero-order valence-electron chi connectivity index (χ0n) is 18.6. The van der Waals surface area contributed by atoms with Crippen molar-refractivity contribution in [2.75, 3.05) is 26.8 Å². The number of nitrogens with zero attached hydrogens (tertiary/aromatic N) is 3. The minimum absolute atomic E-state index is 0.0244. The highest BCUT2D eigenvalue weighted by atomic mass is 35.5. The lowest BCUT2D eigenvalue weighted by atomic mass is 9.98. The summed E-state index contributed by atoms with van der Waals surface area (Å²) in [4.78, 5) is 17.7. The van der Waals surface area contributed by atoms with Gasteiger partial charge in [-0.05, 0) is 43.2 Å². The molecule has 1 saturated heterocycles. The zero-order valence-corrected chi connectivity index (χ0v) is 22.6. The van der Waals surface area contributed by atoms with Crippen LogP contribution in [0.5, 0.6) is 0 Å². The van der Waals surface area contributed by atoms with Crippen LogP contribution in [0.1, 0.15) is 12.8 Å². The third-order valence-corrected chi connectivity index (χ3v) is 11.2. The number of fused-ring (bicyclic) bond motifs is 1. The molecule has 0 spiro atoms. The number of benzene rings is 1. The van der Waals surface area contributed by atoms with E-state index in [9.17, 15) is 21.6 Å². The average Bonchev–Trinajstić information content (AvgIpc) is 3.40. The number of carbonyl (C=O) groups excluding carboxylic acids is 1. The van der Waals surface area contributed by atoms with Crippen LogP contribution in [0, 0.1) is 5.92 Å². The molecular formula is C20H23ClN4O6S4. The van der Waals surface area contributed by atoms with Gasteiger partial charge in [0, 0.05) is 32.7 Å². The van der Waals surface area contributed by atoms with Crippen LogP contribution < -0.4 is 9.94 Å². The van der Waals surface area contributed by atoms with Crippen molar-refractivity contribution in [2.45, 2.75) is 28.5 Å². The van der Waals surface area contributed by atoms with Gasteiger partial charge in [-0.25, -0.2) is 22.0 Å². The number of piperidine rings is 1. The fraction of sp³-hybridized carbons (Fsp3) is 0.400. The monoisotopic (exact) mass is 578 g/mol. The van der Waals surface area contributed by atoms with E-state index in [0.717, 1.165) is 11.3 Å². The highest BCUT2D eigenvalue weighted by Gasteiger charge is 2.33. The molecule has 0 saturated carbocycles. The number of hydrogen-bond donors (Lipinski definition) is 1. The van der Waals surface area contributed by atoms with Crippen molar-refractivity contribution in [3.05, 3.63) is 39.5 Å². The molecule has 35 heavy (non-hydrogen) atoms. The van der Waals surface area contributed by atoms with E-state index in [4.69, 9.17) is 21.5 Å². The standard InChI is InChI=1S/C20H23ClN4O6S4/c1-31-11-10-25-15-3-2-14(34(22,27)28)12-16(15)32-20(25)23-19(26)13-6-8-24(9-7-13)35(29,30)18-5-4-17(21)33-18/h2-5,12-13H,6-11H2,1H3,(H2,22,27,28). The van der Waals surface area contributed by atoms with Gasteiger partial charge in [0.2, 0.25) is 10.0 Å². The lowest BCUT2D eigenvalue weighted by Crippen LogP contribution is -2.40. The second-order valence-corrected chi connectivity index (χ2v) is 14.3. The molecule has 1 aliphatic heterocycles. The molecule has 0 radical (unpaired) electrons. The van der Waals surface area contributed by atoms with Crippen molar-refractivity contribution < 1.29 is 26.4 Å².